The van der Waals surface area contributed by atoms with Crippen molar-refractivity contribution in [2.75, 3.05) is 53.0 Å². The SMILES string of the molecule is COCCCNC(=O)CN1CCN(C(=O)c2cccnc2SCc2c(C)noc2C)CC1. The Morgan fingerprint density at radius 2 is 2.03 bits per heavy atom. The summed E-state index contributed by atoms with van der Waals surface area (Å²) in [5, 5.41) is 7.60. The summed E-state index contributed by atoms with van der Waals surface area (Å²) in [5.74, 6) is 1.41. The molecule has 3 rings (SSSR count). The third kappa shape index (κ3) is 6.54. The van der Waals surface area contributed by atoms with Crippen LogP contribution in [0.4, 0.5) is 0 Å². The highest BCUT2D eigenvalue weighted by atomic mass is 32.2. The van der Waals surface area contributed by atoms with E-state index in [1.54, 1.807) is 19.4 Å². The lowest BCUT2D eigenvalue weighted by Gasteiger charge is -2.34. The summed E-state index contributed by atoms with van der Waals surface area (Å²) in [6.45, 7) is 7.89. The number of ether oxygens (including phenoxy) is 1. The first kappa shape index (κ1) is 24.2. The van der Waals surface area contributed by atoms with Crippen LogP contribution < -0.4 is 5.32 Å². The molecule has 0 radical (unpaired) electrons. The van der Waals surface area contributed by atoms with Crippen LogP contribution in [0.15, 0.2) is 27.9 Å². The first-order valence-corrected chi connectivity index (χ1v) is 11.7. The highest BCUT2D eigenvalue weighted by Gasteiger charge is 2.25. The minimum Gasteiger partial charge on any atom is -0.385 e. The van der Waals surface area contributed by atoms with Crippen molar-refractivity contribution < 1.29 is 18.8 Å². The van der Waals surface area contributed by atoms with Crippen molar-refractivity contribution in [3.8, 4) is 0 Å². The molecule has 1 aliphatic rings. The molecule has 1 N–H and O–H groups in total. The Balaban J connectivity index is 1.51. The van der Waals surface area contributed by atoms with Gasteiger partial charge in [0.05, 0.1) is 17.8 Å². The molecule has 0 atom stereocenters. The number of aromatic nitrogens is 2. The van der Waals surface area contributed by atoms with E-state index < -0.39 is 0 Å². The van der Waals surface area contributed by atoms with Gasteiger partial charge in [-0.1, -0.05) is 5.16 Å². The van der Waals surface area contributed by atoms with Crippen molar-refractivity contribution in [3.63, 3.8) is 0 Å². The molecule has 0 saturated carbocycles. The number of piperazine rings is 1. The number of carbonyl (C=O) groups excluding carboxylic acids is 2. The van der Waals surface area contributed by atoms with Gasteiger partial charge in [0.2, 0.25) is 5.91 Å². The molecule has 2 amide bonds. The molecule has 174 valence electrons. The predicted octanol–water partition coefficient (Wildman–Crippen LogP) is 1.89. The third-order valence-electron chi connectivity index (χ3n) is 5.41. The summed E-state index contributed by atoms with van der Waals surface area (Å²) >= 11 is 1.51. The van der Waals surface area contributed by atoms with Crippen molar-refractivity contribution in [2.24, 2.45) is 0 Å². The Morgan fingerprint density at radius 1 is 1.25 bits per heavy atom. The molecule has 1 aliphatic heterocycles. The Hall–Kier alpha value is -2.43. The van der Waals surface area contributed by atoms with Crippen LogP contribution in [0.5, 0.6) is 0 Å². The Kier molecular flexibility index (Phi) is 9.07. The summed E-state index contributed by atoms with van der Waals surface area (Å²) in [7, 11) is 1.65. The molecule has 0 aromatic carbocycles. The van der Waals surface area contributed by atoms with Gasteiger partial charge in [-0.15, -0.1) is 11.8 Å². The van der Waals surface area contributed by atoms with E-state index in [4.69, 9.17) is 9.26 Å². The smallest absolute Gasteiger partial charge is 0.256 e. The van der Waals surface area contributed by atoms with Crippen molar-refractivity contribution in [1.82, 2.24) is 25.3 Å². The lowest BCUT2D eigenvalue weighted by atomic mass is 10.2. The van der Waals surface area contributed by atoms with Gasteiger partial charge in [0, 0.05) is 64.0 Å². The summed E-state index contributed by atoms with van der Waals surface area (Å²) < 4.78 is 10.2. The number of rotatable bonds is 10. The zero-order chi connectivity index (χ0) is 22.9. The van der Waals surface area contributed by atoms with E-state index in [1.807, 2.05) is 24.8 Å². The lowest BCUT2D eigenvalue weighted by molar-refractivity contribution is -0.122. The van der Waals surface area contributed by atoms with Crippen LogP contribution in [0.1, 0.15) is 33.8 Å². The average molecular weight is 462 g/mol. The number of nitrogens with one attached hydrogen (secondary N) is 1. The third-order valence-corrected chi connectivity index (χ3v) is 6.44. The van der Waals surface area contributed by atoms with Gasteiger partial charge in [0.15, 0.2) is 0 Å². The van der Waals surface area contributed by atoms with Crippen LogP contribution in [0.2, 0.25) is 0 Å². The molecule has 32 heavy (non-hydrogen) atoms. The average Bonchev–Trinajstić information content (AvgIpc) is 3.12. The van der Waals surface area contributed by atoms with Gasteiger partial charge < -0.3 is 19.5 Å². The maximum absolute atomic E-state index is 13.2. The van der Waals surface area contributed by atoms with Gasteiger partial charge in [-0.2, -0.15) is 0 Å². The summed E-state index contributed by atoms with van der Waals surface area (Å²) in [4.78, 5) is 33.6. The Morgan fingerprint density at radius 3 is 2.72 bits per heavy atom. The van der Waals surface area contributed by atoms with E-state index in [0.29, 0.717) is 62.2 Å². The standard InChI is InChI=1S/C22H31N5O4S/c1-16-19(17(2)31-25-16)15-32-21-18(6-4-7-24-21)22(29)27-11-9-26(10-12-27)14-20(28)23-8-5-13-30-3/h4,6-7H,5,8-15H2,1-3H3,(H,23,28). The highest BCUT2D eigenvalue weighted by molar-refractivity contribution is 7.98. The second kappa shape index (κ2) is 12.0. The minimum absolute atomic E-state index is 0.00569. The van der Waals surface area contributed by atoms with Crippen molar-refractivity contribution in [2.45, 2.75) is 31.0 Å². The number of aryl methyl sites for hydroxylation is 2. The minimum atomic E-state index is -0.0250. The zero-order valence-electron chi connectivity index (χ0n) is 18.9. The molecule has 1 saturated heterocycles. The predicted molar refractivity (Wildman–Crippen MR) is 122 cm³/mol. The summed E-state index contributed by atoms with van der Waals surface area (Å²) in [5.41, 5.74) is 2.50. The van der Waals surface area contributed by atoms with Crippen LogP contribution in [0.3, 0.4) is 0 Å². The van der Waals surface area contributed by atoms with Gasteiger partial charge >= 0.3 is 0 Å². The van der Waals surface area contributed by atoms with E-state index in [1.165, 1.54) is 11.8 Å². The fourth-order valence-electron chi connectivity index (χ4n) is 3.50. The van der Waals surface area contributed by atoms with Crippen LogP contribution in [0, 0.1) is 13.8 Å². The molecule has 10 heteroatoms. The summed E-state index contributed by atoms with van der Waals surface area (Å²) in [6, 6.07) is 3.61. The molecule has 2 aromatic heterocycles. The fraction of sp³-hybridized carbons (Fsp3) is 0.545. The fourth-order valence-corrected chi connectivity index (χ4v) is 4.64. The number of amides is 2. The maximum Gasteiger partial charge on any atom is 0.256 e. The molecular formula is C22H31N5O4S. The summed E-state index contributed by atoms with van der Waals surface area (Å²) in [6.07, 6.45) is 2.50. The van der Waals surface area contributed by atoms with Gasteiger partial charge in [0.1, 0.15) is 10.8 Å². The highest BCUT2D eigenvalue weighted by Crippen LogP contribution is 2.28. The number of pyridine rings is 1. The van der Waals surface area contributed by atoms with Gasteiger partial charge in [0.25, 0.3) is 5.91 Å². The van der Waals surface area contributed by atoms with E-state index in [2.05, 4.69) is 20.4 Å². The maximum atomic E-state index is 13.2. The van der Waals surface area contributed by atoms with E-state index in [-0.39, 0.29) is 11.8 Å². The molecule has 9 nitrogen and oxygen atoms in total. The molecule has 0 aliphatic carbocycles. The number of carbonyl (C=O) groups is 2. The lowest BCUT2D eigenvalue weighted by Crippen LogP contribution is -2.51. The first-order valence-electron chi connectivity index (χ1n) is 10.8. The van der Waals surface area contributed by atoms with Gasteiger partial charge in [-0.3, -0.25) is 14.5 Å². The molecule has 3 heterocycles. The number of nitrogens with zero attached hydrogens (tertiary/aromatic N) is 4. The van der Waals surface area contributed by atoms with Crippen molar-refractivity contribution in [3.05, 3.63) is 40.9 Å². The monoisotopic (exact) mass is 461 g/mol. The topological polar surface area (TPSA) is 101 Å². The van der Waals surface area contributed by atoms with Crippen LogP contribution in [-0.2, 0) is 15.3 Å². The molecule has 0 spiro atoms. The largest absolute Gasteiger partial charge is 0.385 e. The quantitative estimate of drug-likeness (QED) is 0.423. The molecule has 2 aromatic rings. The number of methoxy groups -OCH3 is 1. The van der Waals surface area contributed by atoms with Crippen LogP contribution >= 0.6 is 11.8 Å². The van der Waals surface area contributed by atoms with Crippen molar-refractivity contribution in [1.29, 1.82) is 0 Å². The number of thioether (sulfide) groups is 1. The van der Waals surface area contributed by atoms with Gasteiger partial charge in [-0.25, -0.2) is 4.98 Å². The molecular weight excluding hydrogens is 430 g/mol. The molecule has 1 fully saturated rings. The first-order chi connectivity index (χ1) is 15.5. The van der Waals surface area contributed by atoms with E-state index in [0.717, 1.165) is 23.4 Å². The van der Waals surface area contributed by atoms with Crippen molar-refractivity contribution >= 4 is 23.6 Å². The zero-order valence-corrected chi connectivity index (χ0v) is 19.7. The van der Waals surface area contributed by atoms with E-state index in [9.17, 15) is 9.59 Å². The van der Waals surface area contributed by atoms with Crippen LogP contribution in [0.25, 0.3) is 0 Å². The normalized spacial score (nSPS) is 14.5. The van der Waals surface area contributed by atoms with Crippen LogP contribution in [-0.4, -0.2) is 84.7 Å². The number of hydrogen-bond acceptors (Lipinski definition) is 8. The number of hydrogen-bond donors (Lipinski definition) is 1. The molecule has 0 unspecified atom stereocenters. The Labute approximate surface area is 192 Å². The Bertz CT molecular complexity index is 892. The van der Waals surface area contributed by atoms with Gasteiger partial charge in [-0.05, 0) is 32.4 Å². The van der Waals surface area contributed by atoms with E-state index >= 15 is 0 Å². The second-order valence-corrected chi connectivity index (χ2v) is 8.68. The molecule has 0 bridgehead atoms. The second-order valence-electron chi connectivity index (χ2n) is 7.71.